The molecule has 0 bridgehead atoms. The Kier molecular flexibility index (Phi) is 6.32. The van der Waals surface area contributed by atoms with Gasteiger partial charge in [-0.1, -0.05) is 18.2 Å². The Morgan fingerprint density at radius 1 is 0.889 bits per heavy atom. The standard InChI is InChI=1S/C20H26N2O5/c23-18(14-27-17-4-2-1-3-5-17)21-10-6-15(7-11-21)19(24)22-12-8-16(9-13-22)20(25)26/h1-5,15-16H,6-14H2,(H,25,26). The summed E-state index contributed by atoms with van der Waals surface area (Å²) in [7, 11) is 0. The highest BCUT2D eigenvalue weighted by atomic mass is 16.5. The number of benzene rings is 1. The van der Waals surface area contributed by atoms with E-state index in [9.17, 15) is 14.4 Å². The molecule has 146 valence electrons. The Labute approximate surface area is 158 Å². The fourth-order valence-electron chi connectivity index (χ4n) is 3.73. The average Bonchev–Trinajstić information content (AvgIpc) is 2.72. The summed E-state index contributed by atoms with van der Waals surface area (Å²) in [5.74, 6) is -0.477. The van der Waals surface area contributed by atoms with Crippen LogP contribution in [0.4, 0.5) is 0 Å². The zero-order chi connectivity index (χ0) is 19.2. The van der Waals surface area contributed by atoms with Crippen molar-refractivity contribution in [2.45, 2.75) is 25.7 Å². The first-order valence-electron chi connectivity index (χ1n) is 9.52. The number of carboxylic acid groups (broad SMARTS) is 1. The number of carboxylic acids is 1. The highest BCUT2D eigenvalue weighted by Gasteiger charge is 2.33. The summed E-state index contributed by atoms with van der Waals surface area (Å²) in [5.41, 5.74) is 0. The molecule has 2 fully saturated rings. The lowest BCUT2D eigenvalue weighted by atomic mass is 9.92. The second-order valence-corrected chi connectivity index (χ2v) is 7.19. The third-order valence-electron chi connectivity index (χ3n) is 5.46. The van der Waals surface area contributed by atoms with Crippen molar-refractivity contribution in [3.63, 3.8) is 0 Å². The number of carbonyl (C=O) groups is 3. The van der Waals surface area contributed by atoms with E-state index in [0.29, 0.717) is 57.6 Å². The van der Waals surface area contributed by atoms with Gasteiger partial charge >= 0.3 is 5.97 Å². The summed E-state index contributed by atoms with van der Waals surface area (Å²) >= 11 is 0. The van der Waals surface area contributed by atoms with E-state index in [0.717, 1.165) is 0 Å². The van der Waals surface area contributed by atoms with Crippen molar-refractivity contribution in [1.82, 2.24) is 9.80 Å². The van der Waals surface area contributed by atoms with Crippen LogP contribution < -0.4 is 4.74 Å². The van der Waals surface area contributed by atoms with Crippen molar-refractivity contribution < 1.29 is 24.2 Å². The third kappa shape index (κ3) is 4.99. The molecule has 3 rings (SSSR count). The first-order valence-corrected chi connectivity index (χ1v) is 9.52. The smallest absolute Gasteiger partial charge is 0.306 e. The van der Waals surface area contributed by atoms with Crippen LogP contribution >= 0.6 is 0 Å². The number of hydrogen-bond acceptors (Lipinski definition) is 4. The number of amides is 2. The van der Waals surface area contributed by atoms with Crippen molar-refractivity contribution in [1.29, 1.82) is 0 Å². The van der Waals surface area contributed by atoms with Crippen molar-refractivity contribution in [2.75, 3.05) is 32.8 Å². The minimum atomic E-state index is -0.772. The van der Waals surface area contributed by atoms with E-state index in [2.05, 4.69) is 0 Å². The monoisotopic (exact) mass is 374 g/mol. The summed E-state index contributed by atoms with van der Waals surface area (Å²) < 4.78 is 5.51. The van der Waals surface area contributed by atoms with Crippen LogP contribution in [0.3, 0.4) is 0 Å². The van der Waals surface area contributed by atoms with Gasteiger partial charge in [0.15, 0.2) is 6.61 Å². The lowest BCUT2D eigenvalue weighted by Crippen LogP contribution is -2.47. The van der Waals surface area contributed by atoms with Gasteiger partial charge in [0, 0.05) is 32.1 Å². The molecule has 1 N–H and O–H groups in total. The van der Waals surface area contributed by atoms with Crippen molar-refractivity contribution in [3.05, 3.63) is 30.3 Å². The van der Waals surface area contributed by atoms with Gasteiger partial charge in [0.05, 0.1) is 5.92 Å². The van der Waals surface area contributed by atoms with Crippen molar-refractivity contribution in [2.24, 2.45) is 11.8 Å². The van der Waals surface area contributed by atoms with E-state index in [1.54, 1.807) is 9.80 Å². The zero-order valence-corrected chi connectivity index (χ0v) is 15.4. The molecule has 0 spiro atoms. The molecule has 27 heavy (non-hydrogen) atoms. The lowest BCUT2D eigenvalue weighted by Gasteiger charge is -2.36. The predicted octanol–water partition coefficient (Wildman–Crippen LogP) is 1.63. The molecule has 2 aliphatic heterocycles. The molecule has 0 aromatic heterocycles. The van der Waals surface area contributed by atoms with Gasteiger partial charge < -0.3 is 19.6 Å². The van der Waals surface area contributed by atoms with E-state index in [1.807, 2.05) is 30.3 Å². The molecule has 0 unspecified atom stereocenters. The van der Waals surface area contributed by atoms with E-state index < -0.39 is 5.97 Å². The highest BCUT2D eigenvalue weighted by molar-refractivity contribution is 5.81. The van der Waals surface area contributed by atoms with E-state index in [1.165, 1.54) is 0 Å². The van der Waals surface area contributed by atoms with Crippen LogP contribution in [0.5, 0.6) is 5.75 Å². The number of nitrogens with zero attached hydrogens (tertiary/aromatic N) is 2. The third-order valence-corrected chi connectivity index (χ3v) is 5.46. The van der Waals surface area contributed by atoms with E-state index in [-0.39, 0.29) is 30.3 Å². The number of carbonyl (C=O) groups excluding carboxylic acids is 2. The first-order chi connectivity index (χ1) is 13.0. The van der Waals surface area contributed by atoms with Crippen molar-refractivity contribution in [3.8, 4) is 5.75 Å². The minimum Gasteiger partial charge on any atom is -0.484 e. The zero-order valence-electron chi connectivity index (χ0n) is 15.4. The van der Waals surface area contributed by atoms with Gasteiger partial charge in [-0.2, -0.15) is 0 Å². The number of piperidine rings is 2. The molecule has 0 aliphatic carbocycles. The summed E-state index contributed by atoms with van der Waals surface area (Å²) in [5, 5.41) is 9.06. The molecular formula is C20H26N2O5. The Hall–Kier alpha value is -2.57. The summed E-state index contributed by atoms with van der Waals surface area (Å²) in [6, 6.07) is 9.23. The van der Waals surface area contributed by atoms with Crippen LogP contribution in [-0.4, -0.2) is 65.5 Å². The van der Waals surface area contributed by atoms with Gasteiger partial charge in [-0.15, -0.1) is 0 Å². The van der Waals surface area contributed by atoms with Gasteiger partial charge in [-0.25, -0.2) is 0 Å². The molecule has 1 aromatic rings. The topological polar surface area (TPSA) is 87.2 Å². The Bertz CT molecular complexity index is 662. The maximum Gasteiger partial charge on any atom is 0.306 e. The SMILES string of the molecule is O=C(O)C1CCN(C(=O)C2CCN(C(=O)COc3ccccc3)CC2)CC1. The van der Waals surface area contributed by atoms with Crippen LogP contribution in [0.1, 0.15) is 25.7 Å². The fraction of sp³-hybridized carbons (Fsp3) is 0.550. The lowest BCUT2D eigenvalue weighted by molar-refractivity contribution is -0.147. The molecule has 2 amide bonds. The van der Waals surface area contributed by atoms with Crippen LogP contribution in [0.15, 0.2) is 30.3 Å². The Morgan fingerprint density at radius 2 is 1.44 bits per heavy atom. The molecule has 7 heteroatoms. The van der Waals surface area contributed by atoms with Gasteiger partial charge in [-0.05, 0) is 37.8 Å². The number of ether oxygens (including phenoxy) is 1. The number of likely N-dealkylation sites (tertiary alicyclic amines) is 2. The second-order valence-electron chi connectivity index (χ2n) is 7.19. The van der Waals surface area contributed by atoms with Gasteiger partial charge in [0.25, 0.3) is 5.91 Å². The van der Waals surface area contributed by atoms with Gasteiger partial charge in [0.2, 0.25) is 5.91 Å². The molecular weight excluding hydrogens is 348 g/mol. The number of hydrogen-bond donors (Lipinski definition) is 1. The minimum absolute atomic E-state index is 0.00529. The quantitative estimate of drug-likeness (QED) is 0.846. The fourth-order valence-corrected chi connectivity index (χ4v) is 3.73. The normalized spacial score (nSPS) is 19.0. The molecule has 0 atom stereocenters. The van der Waals surface area contributed by atoms with Crippen LogP contribution in [0.2, 0.25) is 0 Å². The molecule has 0 saturated carbocycles. The number of para-hydroxylation sites is 1. The molecule has 0 radical (unpaired) electrons. The summed E-state index contributed by atoms with van der Waals surface area (Å²) in [4.78, 5) is 39.5. The number of aliphatic carboxylic acids is 1. The molecule has 1 aromatic carbocycles. The molecule has 2 aliphatic rings. The Balaban J connectivity index is 1.41. The average molecular weight is 374 g/mol. The number of rotatable bonds is 5. The van der Waals surface area contributed by atoms with Gasteiger partial charge in [-0.3, -0.25) is 14.4 Å². The predicted molar refractivity (Wildman–Crippen MR) is 98.2 cm³/mol. The second kappa shape index (κ2) is 8.88. The summed E-state index contributed by atoms with van der Waals surface area (Å²) in [6.07, 6.45) is 2.34. The van der Waals surface area contributed by atoms with E-state index >= 15 is 0 Å². The van der Waals surface area contributed by atoms with Gasteiger partial charge in [0.1, 0.15) is 5.75 Å². The maximum atomic E-state index is 12.7. The van der Waals surface area contributed by atoms with E-state index in [4.69, 9.17) is 9.84 Å². The van der Waals surface area contributed by atoms with Crippen LogP contribution in [0, 0.1) is 11.8 Å². The molecule has 2 saturated heterocycles. The molecule has 2 heterocycles. The maximum absolute atomic E-state index is 12.7. The largest absolute Gasteiger partial charge is 0.484 e. The highest BCUT2D eigenvalue weighted by Crippen LogP contribution is 2.24. The first kappa shape index (κ1) is 19.2. The van der Waals surface area contributed by atoms with Crippen LogP contribution in [0.25, 0.3) is 0 Å². The molecule has 7 nitrogen and oxygen atoms in total. The summed E-state index contributed by atoms with van der Waals surface area (Å²) in [6.45, 7) is 2.14. The van der Waals surface area contributed by atoms with Crippen molar-refractivity contribution >= 4 is 17.8 Å². The Morgan fingerprint density at radius 3 is 2.04 bits per heavy atom. The van der Waals surface area contributed by atoms with Crippen LogP contribution in [-0.2, 0) is 14.4 Å².